The minimum atomic E-state index is -0.437. The van der Waals surface area contributed by atoms with Gasteiger partial charge < -0.3 is 10.6 Å². The van der Waals surface area contributed by atoms with Gasteiger partial charge in [-0.25, -0.2) is 0 Å². The molecule has 0 heterocycles. The molecule has 0 saturated carbocycles. The molecule has 0 aromatic heterocycles. The molecule has 0 saturated heterocycles. The lowest BCUT2D eigenvalue weighted by Crippen LogP contribution is -2.24. The average Bonchev–Trinajstić information content (AvgIpc) is 2.35. The SMILES string of the molecule is CNC(=O)CCNCc1ccc([N+](=O)[O-])cc1Br. The van der Waals surface area contributed by atoms with Gasteiger partial charge in [-0.3, -0.25) is 14.9 Å². The molecule has 0 fully saturated rings. The van der Waals surface area contributed by atoms with E-state index in [1.807, 2.05) is 0 Å². The number of carbonyl (C=O) groups is 1. The highest BCUT2D eigenvalue weighted by atomic mass is 79.9. The molecule has 1 rings (SSSR count). The Morgan fingerprint density at radius 1 is 1.50 bits per heavy atom. The summed E-state index contributed by atoms with van der Waals surface area (Å²) in [5.41, 5.74) is 0.966. The number of nitro benzene ring substituents is 1. The van der Waals surface area contributed by atoms with Crippen LogP contribution in [0.3, 0.4) is 0 Å². The van der Waals surface area contributed by atoms with Crippen molar-refractivity contribution < 1.29 is 9.72 Å². The summed E-state index contributed by atoms with van der Waals surface area (Å²) >= 11 is 3.29. The van der Waals surface area contributed by atoms with E-state index in [2.05, 4.69) is 26.6 Å². The lowest BCUT2D eigenvalue weighted by atomic mass is 10.2. The Morgan fingerprint density at radius 2 is 2.22 bits per heavy atom. The number of hydrogen-bond donors (Lipinski definition) is 2. The Labute approximate surface area is 113 Å². The zero-order valence-corrected chi connectivity index (χ0v) is 11.5. The van der Waals surface area contributed by atoms with Gasteiger partial charge in [0, 0.05) is 43.2 Å². The number of nitrogens with one attached hydrogen (secondary N) is 2. The minimum Gasteiger partial charge on any atom is -0.359 e. The lowest BCUT2D eigenvalue weighted by molar-refractivity contribution is -0.384. The minimum absolute atomic E-state index is 0.0229. The van der Waals surface area contributed by atoms with Gasteiger partial charge >= 0.3 is 0 Å². The Hall–Kier alpha value is -1.47. The molecule has 1 aromatic carbocycles. The predicted octanol–water partition coefficient (Wildman–Crippen LogP) is 1.58. The van der Waals surface area contributed by atoms with Gasteiger partial charge in [-0.15, -0.1) is 0 Å². The van der Waals surface area contributed by atoms with Crippen molar-refractivity contribution in [2.24, 2.45) is 0 Å². The summed E-state index contributed by atoms with van der Waals surface area (Å²) in [6.45, 7) is 1.11. The molecule has 6 nitrogen and oxygen atoms in total. The van der Waals surface area contributed by atoms with Crippen LogP contribution in [-0.4, -0.2) is 24.4 Å². The van der Waals surface area contributed by atoms with Crippen LogP contribution in [0.15, 0.2) is 22.7 Å². The van der Waals surface area contributed by atoms with E-state index in [-0.39, 0.29) is 11.6 Å². The molecule has 1 aromatic rings. The second-order valence-corrected chi connectivity index (χ2v) is 4.49. The molecular weight excluding hydrogens is 302 g/mol. The smallest absolute Gasteiger partial charge is 0.270 e. The molecule has 0 aliphatic heterocycles. The summed E-state index contributed by atoms with van der Waals surface area (Å²) in [5, 5.41) is 16.2. The molecule has 0 radical (unpaired) electrons. The summed E-state index contributed by atoms with van der Waals surface area (Å²) in [6.07, 6.45) is 0.404. The van der Waals surface area contributed by atoms with Gasteiger partial charge in [0.15, 0.2) is 0 Å². The molecular formula is C11H14BrN3O3. The van der Waals surface area contributed by atoms with Gasteiger partial charge in [0.05, 0.1) is 4.92 Å². The first kappa shape index (κ1) is 14.6. The molecule has 0 atom stereocenters. The highest BCUT2D eigenvalue weighted by molar-refractivity contribution is 9.10. The number of nitrogens with zero attached hydrogens (tertiary/aromatic N) is 1. The average molecular weight is 316 g/mol. The van der Waals surface area contributed by atoms with Crippen LogP contribution >= 0.6 is 15.9 Å². The Morgan fingerprint density at radius 3 is 2.78 bits per heavy atom. The third kappa shape index (κ3) is 4.42. The summed E-state index contributed by atoms with van der Waals surface area (Å²) < 4.78 is 0.684. The zero-order valence-electron chi connectivity index (χ0n) is 9.90. The first-order valence-electron chi connectivity index (χ1n) is 5.38. The third-order valence-electron chi connectivity index (χ3n) is 2.37. The van der Waals surface area contributed by atoms with Gasteiger partial charge in [0.2, 0.25) is 5.91 Å². The van der Waals surface area contributed by atoms with Crippen molar-refractivity contribution in [3.05, 3.63) is 38.3 Å². The van der Waals surface area contributed by atoms with E-state index in [9.17, 15) is 14.9 Å². The zero-order chi connectivity index (χ0) is 13.5. The summed E-state index contributed by atoms with van der Waals surface area (Å²) in [6, 6.07) is 4.62. The summed E-state index contributed by atoms with van der Waals surface area (Å²) in [7, 11) is 1.59. The number of benzene rings is 1. The van der Waals surface area contributed by atoms with Crippen molar-refractivity contribution in [1.82, 2.24) is 10.6 Å². The standard InChI is InChI=1S/C11H14BrN3O3/c1-13-11(16)4-5-14-7-8-2-3-9(15(17)18)6-10(8)12/h2-3,6,14H,4-5,7H2,1H3,(H,13,16). The van der Waals surface area contributed by atoms with Crippen molar-refractivity contribution in [3.8, 4) is 0 Å². The first-order valence-corrected chi connectivity index (χ1v) is 6.18. The topological polar surface area (TPSA) is 84.3 Å². The second-order valence-electron chi connectivity index (χ2n) is 3.63. The van der Waals surface area contributed by atoms with Gasteiger partial charge in [0.1, 0.15) is 0 Å². The van der Waals surface area contributed by atoms with Gasteiger partial charge in [0.25, 0.3) is 5.69 Å². The fraction of sp³-hybridized carbons (Fsp3) is 0.364. The van der Waals surface area contributed by atoms with E-state index in [0.29, 0.717) is 24.0 Å². The molecule has 18 heavy (non-hydrogen) atoms. The maximum Gasteiger partial charge on any atom is 0.270 e. The van der Waals surface area contributed by atoms with Crippen LogP contribution in [0.1, 0.15) is 12.0 Å². The van der Waals surface area contributed by atoms with E-state index < -0.39 is 4.92 Å². The second kappa shape index (κ2) is 7.07. The van der Waals surface area contributed by atoms with Gasteiger partial charge in [-0.05, 0) is 11.6 Å². The van der Waals surface area contributed by atoms with E-state index >= 15 is 0 Å². The number of nitro groups is 1. The summed E-state index contributed by atoms with van der Waals surface area (Å²) in [4.78, 5) is 21.1. The van der Waals surface area contributed by atoms with E-state index in [0.717, 1.165) is 5.56 Å². The molecule has 1 amide bonds. The van der Waals surface area contributed by atoms with Crippen LogP contribution in [0, 0.1) is 10.1 Å². The van der Waals surface area contributed by atoms with Crippen LogP contribution in [0.4, 0.5) is 5.69 Å². The van der Waals surface area contributed by atoms with Gasteiger partial charge in [-0.2, -0.15) is 0 Å². The first-order chi connectivity index (χ1) is 8.54. The fourth-order valence-corrected chi connectivity index (χ4v) is 1.85. The highest BCUT2D eigenvalue weighted by Gasteiger charge is 2.08. The highest BCUT2D eigenvalue weighted by Crippen LogP contribution is 2.22. The fourth-order valence-electron chi connectivity index (χ4n) is 1.34. The molecule has 2 N–H and O–H groups in total. The van der Waals surface area contributed by atoms with Crippen LogP contribution < -0.4 is 10.6 Å². The van der Waals surface area contributed by atoms with Gasteiger partial charge in [-0.1, -0.05) is 15.9 Å². The Balaban J connectivity index is 2.48. The molecule has 0 aliphatic carbocycles. The van der Waals surface area contributed by atoms with E-state index in [1.165, 1.54) is 12.1 Å². The Bertz CT molecular complexity index is 451. The quantitative estimate of drug-likeness (QED) is 0.474. The molecule has 0 bridgehead atoms. The number of amides is 1. The van der Waals surface area contributed by atoms with E-state index in [1.54, 1.807) is 13.1 Å². The largest absolute Gasteiger partial charge is 0.359 e. The lowest BCUT2D eigenvalue weighted by Gasteiger charge is -2.06. The van der Waals surface area contributed by atoms with Crippen molar-refractivity contribution in [1.29, 1.82) is 0 Å². The predicted molar refractivity (Wildman–Crippen MR) is 71.2 cm³/mol. The van der Waals surface area contributed by atoms with Crippen molar-refractivity contribution in [3.63, 3.8) is 0 Å². The maximum absolute atomic E-state index is 11.0. The number of hydrogen-bond acceptors (Lipinski definition) is 4. The number of carbonyl (C=O) groups excluding carboxylic acids is 1. The normalized spacial score (nSPS) is 10.1. The van der Waals surface area contributed by atoms with Crippen molar-refractivity contribution in [2.75, 3.05) is 13.6 Å². The van der Waals surface area contributed by atoms with Crippen LogP contribution in [0.25, 0.3) is 0 Å². The molecule has 0 unspecified atom stereocenters. The van der Waals surface area contributed by atoms with E-state index in [4.69, 9.17) is 0 Å². The van der Waals surface area contributed by atoms with Crippen LogP contribution in [0.5, 0.6) is 0 Å². The molecule has 0 spiro atoms. The Kier molecular flexibility index (Phi) is 5.73. The molecule has 0 aliphatic rings. The molecule has 98 valence electrons. The van der Waals surface area contributed by atoms with Crippen LogP contribution in [0.2, 0.25) is 0 Å². The number of rotatable bonds is 6. The third-order valence-corrected chi connectivity index (χ3v) is 3.11. The van der Waals surface area contributed by atoms with Crippen molar-refractivity contribution in [2.45, 2.75) is 13.0 Å². The number of halogens is 1. The van der Waals surface area contributed by atoms with Crippen LogP contribution in [-0.2, 0) is 11.3 Å². The molecule has 7 heteroatoms. The number of non-ortho nitro benzene ring substituents is 1. The summed E-state index contributed by atoms with van der Waals surface area (Å²) in [5.74, 6) is -0.0229. The maximum atomic E-state index is 11.0. The van der Waals surface area contributed by atoms with Crippen molar-refractivity contribution >= 4 is 27.5 Å². The monoisotopic (exact) mass is 315 g/mol.